The van der Waals surface area contributed by atoms with Crippen LogP contribution in [0.25, 0.3) is 0 Å². The van der Waals surface area contributed by atoms with Crippen LogP contribution in [0.3, 0.4) is 0 Å². The highest BCUT2D eigenvalue weighted by Gasteiger charge is 2.52. The van der Waals surface area contributed by atoms with Crippen molar-refractivity contribution in [2.75, 3.05) is 7.11 Å². The molecule has 4 nitrogen and oxygen atoms in total. The van der Waals surface area contributed by atoms with E-state index in [1.54, 1.807) is 24.3 Å². The zero-order chi connectivity index (χ0) is 13.2. The summed E-state index contributed by atoms with van der Waals surface area (Å²) in [5.74, 6) is 3.53. The molecular weight excluding hydrogens is 232 g/mol. The van der Waals surface area contributed by atoms with Crippen molar-refractivity contribution >= 4 is 11.9 Å². The average molecular weight is 244 g/mol. The van der Waals surface area contributed by atoms with Crippen LogP contribution in [0.4, 0.5) is 0 Å². The van der Waals surface area contributed by atoms with E-state index in [0.29, 0.717) is 24.0 Å². The van der Waals surface area contributed by atoms with Crippen LogP contribution in [-0.4, -0.2) is 24.2 Å². The summed E-state index contributed by atoms with van der Waals surface area (Å²) in [6.07, 6.45) is 1.22. The molecule has 1 aliphatic carbocycles. The third kappa shape index (κ3) is 2.07. The van der Waals surface area contributed by atoms with Crippen molar-refractivity contribution in [3.63, 3.8) is 0 Å². The molecule has 0 saturated heterocycles. The van der Waals surface area contributed by atoms with Crippen molar-refractivity contribution in [2.45, 2.75) is 18.3 Å². The van der Waals surface area contributed by atoms with E-state index in [1.807, 2.05) is 0 Å². The number of carboxylic acid groups (broad SMARTS) is 1. The van der Waals surface area contributed by atoms with Gasteiger partial charge in [0, 0.05) is 11.5 Å². The van der Waals surface area contributed by atoms with E-state index >= 15 is 0 Å². The van der Waals surface area contributed by atoms with Gasteiger partial charge in [-0.25, -0.2) is 4.79 Å². The third-order valence-electron chi connectivity index (χ3n) is 3.09. The van der Waals surface area contributed by atoms with Gasteiger partial charge >= 0.3 is 11.9 Å². The van der Waals surface area contributed by atoms with Crippen molar-refractivity contribution in [2.24, 2.45) is 0 Å². The number of rotatable bonds is 2. The Bertz CT molecular complexity index is 559. The summed E-state index contributed by atoms with van der Waals surface area (Å²) >= 11 is 0. The number of carboxylic acids is 1. The smallest absolute Gasteiger partial charge is 0.384 e. The van der Waals surface area contributed by atoms with Crippen molar-refractivity contribution in [1.29, 1.82) is 0 Å². The molecular formula is C14H12O4. The molecule has 1 aromatic rings. The van der Waals surface area contributed by atoms with Gasteiger partial charge in [-0.05, 0) is 24.5 Å². The van der Waals surface area contributed by atoms with Crippen molar-refractivity contribution in [3.05, 3.63) is 35.4 Å². The van der Waals surface area contributed by atoms with E-state index in [-0.39, 0.29) is 0 Å². The summed E-state index contributed by atoms with van der Waals surface area (Å²) < 4.78 is 4.43. The molecule has 0 atom stereocenters. The van der Waals surface area contributed by atoms with Crippen LogP contribution in [0.2, 0.25) is 0 Å². The predicted molar refractivity (Wildman–Crippen MR) is 63.9 cm³/mol. The molecule has 1 fully saturated rings. The monoisotopic (exact) mass is 244 g/mol. The number of esters is 1. The number of aliphatic carboxylic acids is 1. The van der Waals surface area contributed by atoms with E-state index in [9.17, 15) is 14.7 Å². The van der Waals surface area contributed by atoms with Crippen LogP contribution in [0.15, 0.2) is 24.3 Å². The van der Waals surface area contributed by atoms with Gasteiger partial charge in [0.2, 0.25) is 0 Å². The summed E-state index contributed by atoms with van der Waals surface area (Å²) in [6.45, 7) is 0. The van der Waals surface area contributed by atoms with E-state index in [0.717, 1.165) is 0 Å². The normalized spacial score (nSPS) is 15.2. The highest BCUT2D eigenvalue weighted by molar-refractivity contribution is 5.90. The first-order valence-electron chi connectivity index (χ1n) is 5.53. The molecule has 1 N–H and O–H groups in total. The van der Waals surface area contributed by atoms with E-state index in [1.165, 1.54) is 7.11 Å². The molecule has 2 rings (SSSR count). The van der Waals surface area contributed by atoms with Crippen molar-refractivity contribution in [1.82, 2.24) is 0 Å². The second-order valence-corrected chi connectivity index (χ2v) is 4.17. The Morgan fingerprint density at radius 2 is 2.00 bits per heavy atom. The minimum atomic E-state index is -0.838. The summed E-state index contributed by atoms with van der Waals surface area (Å²) in [7, 11) is 1.25. The maximum absolute atomic E-state index is 11.3. The summed E-state index contributed by atoms with van der Waals surface area (Å²) in [5, 5.41) is 9.27. The maximum Gasteiger partial charge on any atom is 0.384 e. The Morgan fingerprint density at radius 1 is 1.33 bits per heavy atom. The fourth-order valence-electron chi connectivity index (χ4n) is 1.90. The average Bonchev–Trinajstić information content (AvgIpc) is 3.17. The summed E-state index contributed by atoms with van der Waals surface area (Å²) in [5.41, 5.74) is 0.429. The molecule has 18 heavy (non-hydrogen) atoms. The molecule has 4 heteroatoms. The van der Waals surface area contributed by atoms with Crippen LogP contribution in [0, 0.1) is 11.8 Å². The van der Waals surface area contributed by atoms with Crippen LogP contribution >= 0.6 is 0 Å². The Balaban J connectivity index is 2.40. The van der Waals surface area contributed by atoms with Gasteiger partial charge in [0.05, 0.1) is 12.5 Å². The van der Waals surface area contributed by atoms with Crippen molar-refractivity contribution < 1.29 is 19.4 Å². The molecule has 0 aromatic heterocycles. The van der Waals surface area contributed by atoms with Crippen LogP contribution in [-0.2, 0) is 19.7 Å². The largest absolute Gasteiger partial charge is 0.481 e. The second-order valence-electron chi connectivity index (χ2n) is 4.17. The molecule has 0 spiro atoms. The first-order valence-corrected chi connectivity index (χ1v) is 5.53. The number of ether oxygens (including phenoxy) is 1. The lowest BCUT2D eigenvalue weighted by Crippen LogP contribution is -2.20. The SMILES string of the molecule is COC(=O)C#Cc1ccccc1C1(C(=O)O)CC1. The molecule has 0 heterocycles. The number of hydrogen-bond donors (Lipinski definition) is 1. The second kappa shape index (κ2) is 4.53. The first-order chi connectivity index (χ1) is 8.60. The molecule has 1 aromatic carbocycles. The molecule has 0 unspecified atom stereocenters. The van der Waals surface area contributed by atoms with Gasteiger partial charge in [-0.3, -0.25) is 4.79 Å². The topological polar surface area (TPSA) is 63.6 Å². The minimum Gasteiger partial charge on any atom is -0.481 e. The summed E-state index contributed by atoms with van der Waals surface area (Å²) in [6, 6.07) is 7.01. The fraction of sp³-hybridized carbons (Fsp3) is 0.286. The van der Waals surface area contributed by atoms with Crippen LogP contribution in [0.1, 0.15) is 24.0 Å². The Kier molecular flexibility index (Phi) is 3.07. The minimum absolute atomic E-state index is 0.572. The fourth-order valence-corrected chi connectivity index (χ4v) is 1.90. The molecule has 0 aliphatic heterocycles. The quantitative estimate of drug-likeness (QED) is 0.629. The zero-order valence-electron chi connectivity index (χ0n) is 9.90. The Labute approximate surface area is 105 Å². The lowest BCUT2D eigenvalue weighted by molar-refractivity contribution is -0.140. The van der Waals surface area contributed by atoms with Crippen LogP contribution in [0.5, 0.6) is 0 Å². The molecule has 92 valence electrons. The predicted octanol–water partition coefficient (Wildman–Crippen LogP) is 1.33. The van der Waals surface area contributed by atoms with E-state index in [4.69, 9.17) is 0 Å². The maximum atomic E-state index is 11.3. The third-order valence-corrected chi connectivity index (χ3v) is 3.09. The molecule has 0 bridgehead atoms. The van der Waals surface area contributed by atoms with Gasteiger partial charge in [0.1, 0.15) is 0 Å². The Hall–Kier alpha value is -2.28. The molecule has 1 saturated carbocycles. The van der Waals surface area contributed by atoms with Gasteiger partial charge in [0.25, 0.3) is 0 Å². The Morgan fingerprint density at radius 3 is 2.56 bits per heavy atom. The first kappa shape index (κ1) is 12.2. The number of hydrogen-bond acceptors (Lipinski definition) is 3. The van der Waals surface area contributed by atoms with Gasteiger partial charge in [0.15, 0.2) is 0 Å². The highest BCUT2D eigenvalue weighted by atomic mass is 16.5. The van der Waals surface area contributed by atoms with Gasteiger partial charge < -0.3 is 9.84 Å². The van der Waals surface area contributed by atoms with Crippen molar-refractivity contribution in [3.8, 4) is 11.8 Å². The molecule has 0 amide bonds. The number of benzene rings is 1. The van der Waals surface area contributed by atoms with Gasteiger partial charge in [-0.1, -0.05) is 24.1 Å². The number of methoxy groups -OCH3 is 1. The number of carbonyl (C=O) groups is 2. The van der Waals surface area contributed by atoms with E-state index < -0.39 is 17.4 Å². The molecule has 0 radical (unpaired) electrons. The highest BCUT2D eigenvalue weighted by Crippen LogP contribution is 2.49. The standard InChI is InChI=1S/C14H12O4/c1-18-12(15)7-6-10-4-2-3-5-11(10)14(8-9-14)13(16)17/h2-5H,8-9H2,1H3,(H,16,17). The lowest BCUT2D eigenvalue weighted by atomic mass is 9.91. The van der Waals surface area contributed by atoms with Gasteiger partial charge in [-0.2, -0.15) is 0 Å². The lowest BCUT2D eigenvalue weighted by Gasteiger charge is -2.11. The van der Waals surface area contributed by atoms with Crippen LogP contribution < -0.4 is 0 Å². The summed E-state index contributed by atoms with van der Waals surface area (Å²) in [4.78, 5) is 22.3. The zero-order valence-corrected chi connectivity index (χ0v) is 9.90. The number of carbonyl (C=O) groups excluding carboxylic acids is 1. The molecule has 1 aliphatic rings. The van der Waals surface area contributed by atoms with E-state index in [2.05, 4.69) is 16.6 Å². The van der Waals surface area contributed by atoms with Gasteiger partial charge in [-0.15, -0.1) is 0 Å².